The molecule has 4 nitrogen and oxygen atoms in total. The minimum absolute atomic E-state index is 0.0490. The Morgan fingerprint density at radius 1 is 1.41 bits per heavy atom. The Bertz CT molecular complexity index is 306. The first kappa shape index (κ1) is 11.5. The second kappa shape index (κ2) is 4.58. The number of carbonyl (C=O) groups is 1. The van der Waals surface area contributed by atoms with E-state index in [1.54, 1.807) is 0 Å². The third-order valence-electron chi connectivity index (χ3n) is 4.40. The predicted molar refractivity (Wildman–Crippen MR) is 64.7 cm³/mol. The molecule has 17 heavy (non-hydrogen) atoms. The first-order chi connectivity index (χ1) is 8.29. The van der Waals surface area contributed by atoms with Gasteiger partial charge in [-0.05, 0) is 38.6 Å². The molecular weight excluding hydrogens is 216 g/mol. The zero-order valence-corrected chi connectivity index (χ0v) is 10.5. The molecule has 0 spiro atoms. The lowest BCUT2D eigenvalue weighted by Gasteiger charge is -2.39. The molecule has 3 aliphatic heterocycles. The third-order valence-corrected chi connectivity index (χ3v) is 4.40. The van der Waals surface area contributed by atoms with Crippen molar-refractivity contribution < 1.29 is 9.53 Å². The molecule has 4 unspecified atom stereocenters. The van der Waals surface area contributed by atoms with Gasteiger partial charge in [0.1, 0.15) is 0 Å². The summed E-state index contributed by atoms with van der Waals surface area (Å²) in [5.41, 5.74) is 0. The summed E-state index contributed by atoms with van der Waals surface area (Å²) in [6, 6.07) is 0.413. The molecule has 0 aromatic carbocycles. The highest BCUT2D eigenvalue weighted by Gasteiger charge is 2.46. The Hall–Kier alpha value is -0.610. The number of likely N-dealkylation sites (N-methyl/N-ethyl adjacent to an activating group) is 1. The molecular formula is C13H22N2O2. The van der Waals surface area contributed by atoms with Crippen LogP contribution in [0.15, 0.2) is 0 Å². The molecule has 1 N–H and O–H groups in total. The molecule has 0 aromatic rings. The van der Waals surface area contributed by atoms with Crippen molar-refractivity contribution in [1.82, 2.24) is 10.2 Å². The Balaban J connectivity index is 1.68. The number of nitrogens with one attached hydrogen (secondary N) is 1. The minimum atomic E-state index is 0.0490. The van der Waals surface area contributed by atoms with E-state index in [2.05, 4.69) is 17.1 Å². The molecule has 3 saturated heterocycles. The van der Waals surface area contributed by atoms with Crippen LogP contribution in [0.2, 0.25) is 0 Å². The molecule has 4 heteroatoms. The molecule has 0 radical (unpaired) electrons. The summed E-state index contributed by atoms with van der Waals surface area (Å²) in [4.78, 5) is 14.5. The molecule has 3 fully saturated rings. The highest BCUT2D eigenvalue weighted by molar-refractivity contribution is 5.83. The Labute approximate surface area is 103 Å². The number of likely N-dealkylation sites (tertiary alicyclic amines) is 1. The topological polar surface area (TPSA) is 41.6 Å². The van der Waals surface area contributed by atoms with Crippen LogP contribution in [-0.4, -0.2) is 48.2 Å². The number of rotatable bonds is 3. The molecule has 0 saturated carbocycles. The zero-order chi connectivity index (χ0) is 11.8. The van der Waals surface area contributed by atoms with Gasteiger partial charge >= 0.3 is 0 Å². The van der Waals surface area contributed by atoms with Crippen molar-refractivity contribution in [3.63, 3.8) is 0 Å². The smallest absolute Gasteiger partial charge is 0.240 e. The van der Waals surface area contributed by atoms with Crippen LogP contribution in [0.4, 0.5) is 0 Å². The number of nitrogens with zero attached hydrogens (tertiary/aromatic N) is 1. The van der Waals surface area contributed by atoms with Crippen molar-refractivity contribution in [2.45, 2.75) is 63.3 Å². The van der Waals surface area contributed by atoms with E-state index in [9.17, 15) is 4.79 Å². The van der Waals surface area contributed by atoms with E-state index in [1.807, 2.05) is 0 Å². The van der Waals surface area contributed by atoms with Gasteiger partial charge in [0.2, 0.25) is 5.91 Å². The van der Waals surface area contributed by atoms with Crippen LogP contribution in [0, 0.1) is 0 Å². The highest BCUT2D eigenvalue weighted by atomic mass is 16.5. The van der Waals surface area contributed by atoms with Gasteiger partial charge in [-0.15, -0.1) is 0 Å². The fourth-order valence-electron chi connectivity index (χ4n) is 3.60. The number of fused-ring (bicyclic) bond motifs is 2. The maximum Gasteiger partial charge on any atom is 0.240 e. The van der Waals surface area contributed by atoms with E-state index in [-0.39, 0.29) is 6.04 Å². The molecule has 4 atom stereocenters. The van der Waals surface area contributed by atoms with Crippen LogP contribution >= 0.6 is 0 Å². The van der Waals surface area contributed by atoms with Crippen molar-refractivity contribution in [2.75, 3.05) is 13.1 Å². The summed E-state index contributed by atoms with van der Waals surface area (Å²) in [5.74, 6) is 0.305. The normalized spacial score (nSPS) is 41.2. The quantitative estimate of drug-likeness (QED) is 0.794. The second-order valence-electron chi connectivity index (χ2n) is 5.46. The fourth-order valence-corrected chi connectivity index (χ4v) is 3.60. The lowest BCUT2D eigenvalue weighted by Crippen LogP contribution is -2.56. The summed E-state index contributed by atoms with van der Waals surface area (Å²) >= 11 is 0. The standard InChI is InChI=1S/C13H22N2O2/c1-2-14-10-4-3-7-15(13(10)16)11-8-9-5-6-12(11)17-9/h9-12,14H,2-8H2,1H3. The first-order valence-electron chi connectivity index (χ1n) is 6.99. The van der Waals surface area contributed by atoms with Crippen LogP contribution < -0.4 is 5.32 Å². The van der Waals surface area contributed by atoms with Crippen LogP contribution in [0.3, 0.4) is 0 Å². The van der Waals surface area contributed by atoms with Gasteiger partial charge < -0.3 is 15.0 Å². The van der Waals surface area contributed by atoms with Crippen molar-refractivity contribution in [3.8, 4) is 0 Å². The summed E-state index contributed by atoms with van der Waals surface area (Å²) < 4.78 is 5.87. The van der Waals surface area contributed by atoms with E-state index >= 15 is 0 Å². The van der Waals surface area contributed by atoms with Crippen LogP contribution in [0.1, 0.15) is 39.0 Å². The Morgan fingerprint density at radius 2 is 2.29 bits per heavy atom. The second-order valence-corrected chi connectivity index (χ2v) is 5.46. The largest absolute Gasteiger partial charge is 0.373 e. The lowest BCUT2D eigenvalue weighted by molar-refractivity contribution is -0.139. The van der Waals surface area contributed by atoms with Crippen molar-refractivity contribution in [3.05, 3.63) is 0 Å². The van der Waals surface area contributed by atoms with E-state index < -0.39 is 0 Å². The Kier molecular flexibility index (Phi) is 3.09. The van der Waals surface area contributed by atoms with E-state index in [0.29, 0.717) is 24.2 Å². The fraction of sp³-hybridized carbons (Fsp3) is 0.923. The monoisotopic (exact) mass is 238 g/mol. The van der Waals surface area contributed by atoms with Crippen LogP contribution in [-0.2, 0) is 9.53 Å². The first-order valence-corrected chi connectivity index (χ1v) is 6.99. The maximum absolute atomic E-state index is 12.4. The van der Waals surface area contributed by atoms with Gasteiger partial charge in [-0.3, -0.25) is 4.79 Å². The molecule has 3 aliphatic rings. The molecule has 3 heterocycles. The van der Waals surface area contributed by atoms with Gasteiger partial charge in [0.15, 0.2) is 0 Å². The number of hydrogen-bond donors (Lipinski definition) is 1. The number of piperidine rings is 1. The number of carbonyl (C=O) groups excluding carboxylic acids is 1. The molecule has 96 valence electrons. The lowest BCUT2D eigenvalue weighted by atomic mass is 9.91. The molecule has 0 aliphatic carbocycles. The van der Waals surface area contributed by atoms with E-state index in [0.717, 1.165) is 38.8 Å². The number of ether oxygens (including phenoxy) is 1. The van der Waals surface area contributed by atoms with Gasteiger partial charge in [-0.25, -0.2) is 0 Å². The number of hydrogen-bond acceptors (Lipinski definition) is 3. The average Bonchev–Trinajstić information content (AvgIpc) is 2.94. The summed E-state index contributed by atoms with van der Waals surface area (Å²) in [6.45, 7) is 3.86. The Morgan fingerprint density at radius 3 is 2.94 bits per heavy atom. The van der Waals surface area contributed by atoms with E-state index in [1.165, 1.54) is 6.42 Å². The SMILES string of the molecule is CCNC1CCCN(C2CC3CCC2O3)C1=O. The van der Waals surface area contributed by atoms with Gasteiger partial charge in [-0.2, -0.15) is 0 Å². The van der Waals surface area contributed by atoms with Gasteiger partial charge in [0, 0.05) is 6.54 Å². The molecule has 2 bridgehead atoms. The minimum Gasteiger partial charge on any atom is -0.373 e. The highest BCUT2D eigenvalue weighted by Crippen LogP contribution is 2.38. The van der Waals surface area contributed by atoms with Crippen molar-refractivity contribution >= 4 is 5.91 Å². The predicted octanol–water partition coefficient (Wildman–Crippen LogP) is 0.907. The molecule has 0 aromatic heterocycles. The summed E-state index contributed by atoms with van der Waals surface area (Å²) in [7, 11) is 0. The number of amides is 1. The van der Waals surface area contributed by atoms with Crippen molar-refractivity contribution in [2.24, 2.45) is 0 Å². The summed E-state index contributed by atoms with van der Waals surface area (Å²) in [5, 5.41) is 3.30. The zero-order valence-electron chi connectivity index (χ0n) is 10.5. The van der Waals surface area contributed by atoms with Gasteiger partial charge in [0.05, 0.1) is 24.3 Å². The molecule has 3 rings (SSSR count). The molecule has 1 amide bonds. The van der Waals surface area contributed by atoms with E-state index in [4.69, 9.17) is 4.74 Å². The maximum atomic E-state index is 12.4. The van der Waals surface area contributed by atoms with Gasteiger partial charge in [-0.1, -0.05) is 6.92 Å². The van der Waals surface area contributed by atoms with Crippen LogP contribution in [0.5, 0.6) is 0 Å². The summed E-state index contributed by atoms with van der Waals surface area (Å²) in [6.07, 6.45) is 6.27. The third kappa shape index (κ3) is 1.97. The van der Waals surface area contributed by atoms with Gasteiger partial charge in [0.25, 0.3) is 0 Å². The van der Waals surface area contributed by atoms with Crippen LogP contribution in [0.25, 0.3) is 0 Å². The van der Waals surface area contributed by atoms with Crippen molar-refractivity contribution in [1.29, 1.82) is 0 Å². The average molecular weight is 238 g/mol.